The van der Waals surface area contributed by atoms with Gasteiger partial charge in [0.2, 0.25) is 0 Å². The summed E-state index contributed by atoms with van der Waals surface area (Å²) >= 11 is 0. The fourth-order valence-electron chi connectivity index (χ4n) is 3.65. The number of hydrogen-bond acceptors (Lipinski definition) is 2. The van der Waals surface area contributed by atoms with Crippen molar-refractivity contribution in [2.75, 3.05) is 0 Å². The Morgan fingerprint density at radius 3 is 2.79 bits per heavy atom. The highest BCUT2D eigenvalue weighted by molar-refractivity contribution is 5.84. The molecule has 0 saturated heterocycles. The molecule has 0 amide bonds. The number of aromatic hydroxyl groups is 1. The molecule has 2 aliphatic carbocycles. The number of phenols is 1. The van der Waals surface area contributed by atoms with Gasteiger partial charge in [-0.1, -0.05) is 25.0 Å². The van der Waals surface area contributed by atoms with Crippen molar-refractivity contribution in [1.82, 2.24) is 0 Å². The molecule has 1 aromatic carbocycles. The Labute approximate surface area is 115 Å². The second-order valence-corrected chi connectivity index (χ2v) is 6.39. The van der Waals surface area contributed by atoms with Crippen LogP contribution in [0.1, 0.15) is 56.1 Å². The number of hydrogen-bond donors (Lipinski definition) is 1. The zero-order chi connectivity index (χ0) is 13.3. The van der Waals surface area contributed by atoms with Crippen LogP contribution in [0.25, 0.3) is 0 Å². The average Bonchev–Trinajstić information content (AvgIpc) is 2.39. The van der Waals surface area contributed by atoms with Crippen LogP contribution in [0.3, 0.4) is 0 Å². The van der Waals surface area contributed by atoms with Gasteiger partial charge >= 0.3 is 0 Å². The van der Waals surface area contributed by atoms with Crippen LogP contribution in [0.5, 0.6) is 5.75 Å². The maximum atomic E-state index is 10.00. The molecule has 1 N–H and O–H groups in total. The van der Waals surface area contributed by atoms with Crippen LogP contribution in [0.15, 0.2) is 23.2 Å². The van der Waals surface area contributed by atoms with Crippen LogP contribution in [0.4, 0.5) is 0 Å². The normalized spacial score (nSPS) is 25.6. The Hall–Kier alpha value is -1.31. The molecule has 102 valence electrons. The van der Waals surface area contributed by atoms with Gasteiger partial charge in [0.1, 0.15) is 5.75 Å². The van der Waals surface area contributed by atoms with Gasteiger partial charge in [-0.25, -0.2) is 0 Å². The van der Waals surface area contributed by atoms with Crippen molar-refractivity contribution in [3.05, 3.63) is 29.3 Å². The molecule has 2 saturated carbocycles. The van der Waals surface area contributed by atoms with Gasteiger partial charge in [-0.15, -0.1) is 0 Å². The number of para-hydroxylation sites is 1. The van der Waals surface area contributed by atoms with Crippen molar-refractivity contribution in [2.45, 2.75) is 57.9 Å². The van der Waals surface area contributed by atoms with E-state index in [0.29, 0.717) is 17.2 Å². The second kappa shape index (κ2) is 4.99. The zero-order valence-electron chi connectivity index (χ0n) is 11.7. The molecule has 2 aliphatic rings. The average molecular weight is 257 g/mol. The van der Waals surface area contributed by atoms with E-state index in [-0.39, 0.29) is 0 Å². The van der Waals surface area contributed by atoms with Crippen molar-refractivity contribution >= 4 is 6.21 Å². The van der Waals surface area contributed by atoms with E-state index in [0.717, 1.165) is 11.1 Å². The molecule has 1 spiro atoms. The number of nitrogens with zero attached hydrogens (tertiary/aromatic N) is 1. The molecule has 1 unspecified atom stereocenters. The molecule has 1 aromatic rings. The van der Waals surface area contributed by atoms with Crippen molar-refractivity contribution in [3.63, 3.8) is 0 Å². The van der Waals surface area contributed by atoms with Gasteiger partial charge in [0.25, 0.3) is 0 Å². The molecule has 3 rings (SSSR count). The summed E-state index contributed by atoms with van der Waals surface area (Å²) in [5.41, 5.74) is 2.41. The SMILES string of the molecule is Cc1cccc(C=NC2CCCC3(CCC3)C2)c1O. The Balaban J connectivity index is 1.70. The highest BCUT2D eigenvalue weighted by atomic mass is 16.3. The Kier molecular flexibility index (Phi) is 3.34. The lowest BCUT2D eigenvalue weighted by atomic mass is 9.60. The summed E-state index contributed by atoms with van der Waals surface area (Å²) < 4.78 is 0. The number of rotatable bonds is 2. The van der Waals surface area contributed by atoms with Crippen molar-refractivity contribution in [2.24, 2.45) is 10.4 Å². The first kappa shape index (κ1) is 12.7. The Morgan fingerprint density at radius 2 is 2.05 bits per heavy atom. The molecule has 1 atom stereocenters. The summed E-state index contributed by atoms with van der Waals surface area (Å²) in [7, 11) is 0. The molecule has 2 nitrogen and oxygen atoms in total. The van der Waals surface area contributed by atoms with Crippen LogP contribution < -0.4 is 0 Å². The summed E-state index contributed by atoms with van der Waals surface area (Å²) in [5.74, 6) is 0.375. The molecule has 0 aliphatic heterocycles. The van der Waals surface area contributed by atoms with Crippen LogP contribution in [-0.2, 0) is 0 Å². The van der Waals surface area contributed by atoms with E-state index >= 15 is 0 Å². The highest BCUT2D eigenvalue weighted by Gasteiger charge is 2.40. The minimum atomic E-state index is 0.375. The van der Waals surface area contributed by atoms with Gasteiger partial charge in [-0.05, 0) is 56.1 Å². The van der Waals surface area contributed by atoms with E-state index in [2.05, 4.69) is 0 Å². The van der Waals surface area contributed by atoms with Crippen LogP contribution in [-0.4, -0.2) is 17.4 Å². The van der Waals surface area contributed by atoms with E-state index in [9.17, 15) is 5.11 Å². The van der Waals surface area contributed by atoms with E-state index in [1.165, 1.54) is 44.9 Å². The number of phenolic OH excluding ortho intramolecular Hbond substituents is 1. The molecular weight excluding hydrogens is 234 g/mol. The van der Waals surface area contributed by atoms with Crippen molar-refractivity contribution in [1.29, 1.82) is 0 Å². The number of aliphatic imine (C=N–C) groups is 1. The third kappa shape index (κ3) is 2.54. The lowest BCUT2D eigenvalue weighted by molar-refractivity contribution is 0.0677. The number of benzene rings is 1. The quantitative estimate of drug-likeness (QED) is 0.790. The van der Waals surface area contributed by atoms with Gasteiger partial charge in [0.05, 0.1) is 6.04 Å². The predicted octanol–water partition coefficient (Wildman–Crippen LogP) is 4.23. The van der Waals surface area contributed by atoms with Crippen LogP contribution in [0, 0.1) is 12.3 Å². The van der Waals surface area contributed by atoms with Gasteiger partial charge in [-0.2, -0.15) is 0 Å². The summed E-state index contributed by atoms with van der Waals surface area (Å²) in [6.45, 7) is 1.93. The van der Waals surface area contributed by atoms with Gasteiger partial charge in [-0.3, -0.25) is 4.99 Å². The Morgan fingerprint density at radius 1 is 1.26 bits per heavy atom. The lowest BCUT2D eigenvalue weighted by Gasteiger charge is -2.46. The lowest BCUT2D eigenvalue weighted by Crippen LogP contribution is -2.36. The fraction of sp³-hybridized carbons (Fsp3) is 0.588. The predicted molar refractivity (Wildman–Crippen MR) is 79.0 cm³/mol. The standard InChI is InChI=1S/C17H23NO/c1-13-5-2-6-14(16(13)19)12-18-15-7-3-8-17(11-15)9-4-10-17/h2,5-6,12,15,19H,3-4,7-11H2,1H3. The minimum Gasteiger partial charge on any atom is -0.507 e. The highest BCUT2D eigenvalue weighted by Crippen LogP contribution is 2.52. The maximum absolute atomic E-state index is 10.00. The van der Waals surface area contributed by atoms with Crippen molar-refractivity contribution in [3.8, 4) is 5.75 Å². The number of aryl methyl sites for hydroxylation is 1. The van der Waals surface area contributed by atoms with Gasteiger partial charge in [0, 0.05) is 11.8 Å². The first-order valence-electron chi connectivity index (χ1n) is 7.50. The molecule has 19 heavy (non-hydrogen) atoms. The molecule has 0 aromatic heterocycles. The monoisotopic (exact) mass is 257 g/mol. The largest absolute Gasteiger partial charge is 0.507 e. The van der Waals surface area contributed by atoms with E-state index in [1.54, 1.807) is 0 Å². The van der Waals surface area contributed by atoms with E-state index in [1.807, 2.05) is 31.3 Å². The minimum absolute atomic E-state index is 0.375. The summed E-state index contributed by atoms with van der Waals surface area (Å²) in [6, 6.07) is 6.31. The third-order valence-electron chi connectivity index (χ3n) is 5.02. The topological polar surface area (TPSA) is 32.6 Å². The van der Waals surface area contributed by atoms with Gasteiger partial charge in [0.15, 0.2) is 0 Å². The summed E-state index contributed by atoms with van der Waals surface area (Å²) in [4.78, 5) is 4.75. The third-order valence-corrected chi connectivity index (χ3v) is 5.02. The molecule has 0 bridgehead atoms. The second-order valence-electron chi connectivity index (χ2n) is 6.39. The Bertz CT molecular complexity index is 488. The smallest absolute Gasteiger partial charge is 0.127 e. The first-order chi connectivity index (χ1) is 9.19. The van der Waals surface area contributed by atoms with Crippen molar-refractivity contribution < 1.29 is 5.11 Å². The maximum Gasteiger partial charge on any atom is 0.127 e. The van der Waals surface area contributed by atoms with E-state index < -0.39 is 0 Å². The molecule has 0 radical (unpaired) electrons. The molecule has 0 heterocycles. The zero-order valence-corrected chi connectivity index (χ0v) is 11.7. The molecule has 2 heteroatoms. The summed E-state index contributed by atoms with van der Waals surface area (Å²) in [6.07, 6.45) is 11.3. The summed E-state index contributed by atoms with van der Waals surface area (Å²) in [5, 5.41) is 10.00. The van der Waals surface area contributed by atoms with Crippen LogP contribution in [0.2, 0.25) is 0 Å². The van der Waals surface area contributed by atoms with E-state index in [4.69, 9.17) is 4.99 Å². The molecule has 2 fully saturated rings. The van der Waals surface area contributed by atoms with Crippen LogP contribution >= 0.6 is 0 Å². The first-order valence-corrected chi connectivity index (χ1v) is 7.50. The molecular formula is C17H23NO. The fourth-order valence-corrected chi connectivity index (χ4v) is 3.65. The van der Waals surface area contributed by atoms with Gasteiger partial charge < -0.3 is 5.11 Å².